The van der Waals surface area contributed by atoms with Crippen molar-refractivity contribution in [3.05, 3.63) is 90.3 Å². The molecule has 0 aromatic rings. The fraction of sp³-hybridized carbons (Fsp3) is 0.250. The van der Waals surface area contributed by atoms with Crippen LogP contribution in [0.2, 0.25) is 0 Å². The summed E-state index contributed by atoms with van der Waals surface area (Å²) < 4.78 is 7.21. The van der Waals surface area contributed by atoms with Gasteiger partial charge in [-0.1, -0.05) is 18.2 Å². The Morgan fingerprint density at radius 2 is 1.59 bits per heavy atom. The maximum atomic E-state index is 11.8. The minimum atomic E-state index is -2.22. The quantitative estimate of drug-likeness (QED) is 0.313. The van der Waals surface area contributed by atoms with Gasteiger partial charge >= 0.3 is 17.1 Å². The minimum absolute atomic E-state index is 0.193. The number of allylic oxidation sites excluding steroid dienone is 7. The van der Waals surface area contributed by atoms with Crippen molar-refractivity contribution in [3.63, 3.8) is 0 Å². The van der Waals surface area contributed by atoms with Crippen molar-refractivity contribution >= 4 is 11.4 Å². The van der Waals surface area contributed by atoms with E-state index in [4.69, 9.17) is 4.74 Å². The first-order valence-corrected chi connectivity index (χ1v) is 7.85. The van der Waals surface area contributed by atoms with Gasteiger partial charge in [0.05, 0.1) is 22.0 Å². The van der Waals surface area contributed by atoms with Gasteiger partial charge in [-0.2, -0.15) is 9.48 Å². The summed E-state index contributed by atoms with van der Waals surface area (Å²) in [4.78, 5) is 20.9. The lowest BCUT2D eigenvalue weighted by Crippen LogP contribution is -2.53. The number of ether oxygens (including phenoxy) is 1. The smallest absolute Gasteiger partial charge is 0.493 e. The lowest BCUT2D eigenvalue weighted by molar-refractivity contribution is -0.692. The third-order valence-electron chi connectivity index (χ3n) is 4.22. The van der Waals surface area contributed by atoms with Crippen LogP contribution in [0.3, 0.4) is 0 Å². The van der Waals surface area contributed by atoms with Crippen molar-refractivity contribution in [2.75, 3.05) is 0 Å². The molecule has 0 N–H and O–H groups in total. The van der Waals surface area contributed by atoms with E-state index in [1.54, 1.807) is 38.2 Å². The van der Waals surface area contributed by atoms with Gasteiger partial charge in [0.1, 0.15) is 0 Å². The molecule has 0 saturated heterocycles. The molecule has 11 nitrogen and oxygen atoms in total. The number of nitro groups is 2. The topological polar surface area (TPSA) is 148 Å². The van der Waals surface area contributed by atoms with E-state index in [1.165, 1.54) is 10.7 Å². The SMILES string of the molecule is CC(C)[N+]1=C2C=CC=CC=C2OC12C([N+](=O)[O-])=CC(=[N+]([O-])[O-])C=C2[N+](=O)[O-]. The average molecular weight is 374 g/mol. The Morgan fingerprint density at radius 1 is 1.00 bits per heavy atom. The molecule has 1 spiro atoms. The Labute approximate surface area is 152 Å². The van der Waals surface area contributed by atoms with Gasteiger partial charge in [-0.3, -0.25) is 20.2 Å². The first-order chi connectivity index (χ1) is 12.7. The summed E-state index contributed by atoms with van der Waals surface area (Å²) in [7, 11) is 0. The number of fused-ring (bicyclic) bond motifs is 1. The highest BCUT2D eigenvalue weighted by atomic mass is 16.8. The molecule has 1 aliphatic heterocycles. The van der Waals surface area contributed by atoms with Gasteiger partial charge < -0.3 is 15.2 Å². The number of rotatable bonds is 3. The molecule has 11 heteroatoms. The van der Waals surface area contributed by atoms with Crippen LogP contribution in [0.25, 0.3) is 0 Å². The zero-order valence-corrected chi connectivity index (χ0v) is 14.3. The zero-order valence-electron chi connectivity index (χ0n) is 14.3. The molecule has 0 fully saturated rings. The average Bonchev–Trinajstić information content (AvgIpc) is 2.72. The molecule has 3 aliphatic rings. The molecule has 140 valence electrons. The van der Waals surface area contributed by atoms with Crippen LogP contribution in [0.1, 0.15) is 13.8 Å². The summed E-state index contributed by atoms with van der Waals surface area (Å²) in [6.07, 6.45) is 9.55. The molecule has 0 aromatic heterocycles. The highest BCUT2D eigenvalue weighted by Gasteiger charge is 2.73. The minimum Gasteiger partial charge on any atom is -0.612 e. The molecule has 0 bridgehead atoms. The van der Waals surface area contributed by atoms with E-state index in [0.717, 1.165) is 0 Å². The van der Waals surface area contributed by atoms with Gasteiger partial charge in [-0.25, -0.2) is 0 Å². The van der Waals surface area contributed by atoms with Crippen molar-refractivity contribution in [3.8, 4) is 0 Å². The zero-order chi connectivity index (χ0) is 19.9. The number of nitrogens with zero attached hydrogens (tertiary/aromatic N) is 4. The van der Waals surface area contributed by atoms with Crippen LogP contribution >= 0.6 is 0 Å². The van der Waals surface area contributed by atoms with Crippen molar-refractivity contribution in [2.45, 2.75) is 25.6 Å². The second-order valence-electron chi connectivity index (χ2n) is 6.13. The molecule has 1 heterocycles. The van der Waals surface area contributed by atoms with E-state index in [2.05, 4.69) is 0 Å². The van der Waals surface area contributed by atoms with Crippen LogP contribution in [0.15, 0.2) is 59.7 Å². The van der Waals surface area contributed by atoms with Crippen molar-refractivity contribution in [1.82, 2.24) is 0 Å². The second-order valence-corrected chi connectivity index (χ2v) is 6.13. The molecule has 3 rings (SSSR count). The highest BCUT2D eigenvalue weighted by Crippen LogP contribution is 2.43. The van der Waals surface area contributed by atoms with Gasteiger partial charge in [0.15, 0.2) is 11.8 Å². The standard InChI is InChI=1S/C16H14N4O7/c1-10(2)17-12-6-4-3-5-7-13(12)27-16(17)14(19(23)24)8-11(18(21)22)9-15(16)20(25)26/h3-10H,1-2H3. The summed E-state index contributed by atoms with van der Waals surface area (Å²) in [5.74, 6) is 0.193. The van der Waals surface area contributed by atoms with E-state index in [-0.39, 0.29) is 5.76 Å². The molecule has 0 aromatic carbocycles. The van der Waals surface area contributed by atoms with Gasteiger partial charge in [-0.15, -0.1) is 0 Å². The lowest BCUT2D eigenvalue weighted by Gasteiger charge is -2.24. The number of hydrogen-bond donors (Lipinski definition) is 0. The van der Waals surface area contributed by atoms with Gasteiger partial charge in [0.25, 0.3) is 0 Å². The summed E-state index contributed by atoms with van der Waals surface area (Å²) in [6, 6.07) is -0.461. The molecular formula is C16H14N4O7. The lowest BCUT2D eigenvalue weighted by atomic mass is 9.95. The summed E-state index contributed by atoms with van der Waals surface area (Å²) in [5.41, 5.74) is -4.17. The van der Waals surface area contributed by atoms with Crippen LogP contribution in [0.4, 0.5) is 0 Å². The van der Waals surface area contributed by atoms with E-state index < -0.39 is 43.6 Å². The Hall–Kier alpha value is -3.76. The third kappa shape index (κ3) is 2.60. The fourth-order valence-corrected chi connectivity index (χ4v) is 3.28. The Balaban J connectivity index is 2.42. The van der Waals surface area contributed by atoms with Gasteiger partial charge in [0.2, 0.25) is 11.4 Å². The second kappa shape index (κ2) is 6.20. The third-order valence-corrected chi connectivity index (χ3v) is 4.22. The Morgan fingerprint density at radius 3 is 2.07 bits per heavy atom. The van der Waals surface area contributed by atoms with Crippen molar-refractivity contribution in [1.29, 1.82) is 0 Å². The summed E-state index contributed by atoms with van der Waals surface area (Å²) in [5, 5.41) is 45.9. The highest BCUT2D eigenvalue weighted by molar-refractivity contribution is 6.06. The maximum Gasteiger partial charge on any atom is 0.493 e. The van der Waals surface area contributed by atoms with Crippen molar-refractivity contribution < 1.29 is 24.1 Å². The number of hydrogen-bond acceptors (Lipinski definition) is 7. The largest absolute Gasteiger partial charge is 0.612 e. The molecular weight excluding hydrogens is 360 g/mol. The van der Waals surface area contributed by atoms with Crippen LogP contribution in [0.5, 0.6) is 0 Å². The molecule has 0 atom stereocenters. The van der Waals surface area contributed by atoms with Gasteiger partial charge in [0, 0.05) is 6.08 Å². The van der Waals surface area contributed by atoms with E-state index in [1.807, 2.05) is 0 Å². The van der Waals surface area contributed by atoms with E-state index in [0.29, 0.717) is 17.9 Å². The molecule has 0 amide bonds. The van der Waals surface area contributed by atoms with Crippen LogP contribution in [-0.4, -0.2) is 42.5 Å². The van der Waals surface area contributed by atoms with Crippen molar-refractivity contribution in [2.24, 2.45) is 0 Å². The normalized spacial score (nSPS) is 23.5. The van der Waals surface area contributed by atoms with Crippen LogP contribution < -0.4 is 0 Å². The predicted molar refractivity (Wildman–Crippen MR) is 92.7 cm³/mol. The molecule has 2 aliphatic carbocycles. The first-order valence-electron chi connectivity index (χ1n) is 7.85. The predicted octanol–water partition coefficient (Wildman–Crippen LogP) is 1.37. The van der Waals surface area contributed by atoms with Gasteiger partial charge in [-0.05, 0) is 19.9 Å². The summed E-state index contributed by atoms with van der Waals surface area (Å²) >= 11 is 0. The maximum absolute atomic E-state index is 11.8. The molecule has 0 saturated carbocycles. The Kier molecular flexibility index (Phi) is 4.14. The van der Waals surface area contributed by atoms with Crippen LogP contribution in [0, 0.1) is 30.6 Å². The molecule has 27 heavy (non-hydrogen) atoms. The summed E-state index contributed by atoms with van der Waals surface area (Å²) in [6.45, 7) is 3.38. The molecule has 0 radical (unpaired) electrons. The monoisotopic (exact) mass is 374 g/mol. The fourth-order valence-electron chi connectivity index (χ4n) is 3.28. The first kappa shape index (κ1) is 18.0. The van der Waals surface area contributed by atoms with Crippen LogP contribution in [-0.2, 0) is 4.74 Å². The van der Waals surface area contributed by atoms with E-state index >= 15 is 0 Å². The van der Waals surface area contributed by atoms with E-state index in [9.17, 15) is 30.6 Å². The Bertz CT molecular complexity index is 925. The molecule has 0 unspecified atom stereocenters.